The Labute approximate surface area is 156 Å². The number of H-pyrrole nitrogens is 1. The van der Waals surface area contributed by atoms with Gasteiger partial charge in [-0.3, -0.25) is 4.79 Å². The highest BCUT2D eigenvalue weighted by Crippen LogP contribution is 2.41. The van der Waals surface area contributed by atoms with E-state index in [1.807, 2.05) is 17.0 Å². The predicted octanol–water partition coefficient (Wildman–Crippen LogP) is 2.74. The summed E-state index contributed by atoms with van der Waals surface area (Å²) in [7, 11) is 4.84. The fourth-order valence-electron chi connectivity index (χ4n) is 3.03. The van der Waals surface area contributed by atoms with Gasteiger partial charge in [0, 0.05) is 25.2 Å². The van der Waals surface area contributed by atoms with Crippen molar-refractivity contribution in [1.82, 2.24) is 10.2 Å². The molecule has 0 bridgehead atoms. The Balaban J connectivity index is 1.94. The zero-order valence-electron chi connectivity index (χ0n) is 14.8. The lowest BCUT2D eigenvalue weighted by atomic mass is 9.97. The lowest BCUT2D eigenvalue weighted by Gasteiger charge is -2.29. The van der Waals surface area contributed by atoms with Crippen molar-refractivity contribution in [1.29, 1.82) is 0 Å². The van der Waals surface area contributed by atoms with E-state index in [2.05, 4.69) is 16.3 Å². The van der Waals surface area contributed by atoms with Crippen LogP contribution >= 0.6 is 11.6 Å². The number of halogens is 1. The first kappa shape index (κ1) is 18.1. The Morgan fingerprint density at radius 2 is 1.85 bits per heavy atom. The molecule has 1 aromatic heterocycles. The molecular formula is C18H20ClN3O4. The van der Waals surface area contributed by atoms with E-state index in [1.54, 1.807) is 27.5 Å². The number of nitrogens with one attached hydrogen (secondary N) is 1. The summed E-state index contributed by atoms with van der Waals surface area (Å²) in [4.78, 5) is 13.7. The molecule has 1 N–H and O–H groups in total. The van der Waals surface area contributed by atoms with Crippen LogP contribution in [0.1, 0.15) is 12.0 Å². The molecule has 1 aliphatic rings. The molecule has 138 valence electrons. The van der Waals surface area contributed by atoms with Crippen LogP contribution in [-0.4, -0.2) is 44.6 Å². The molecule has 0 amide bonds. The van der Waals surface area contributed by atoms with E-state index in [-0.39, 0.29) is 5.02 Å². The number of benzene rings is 1. The highest BCUT2D eigenvalue weighted by Gasteiger charge is 2.22. The molecule has 0 atom stereocenters. The first-order chi connectivity index (χ1) is 12.6. The van der Waals surface area contributed by atoms with E-state index in [0.717, 1.165) is 17.6 Å². The average molecular weight is 378 g/mol. The highest BCUT2D eigenvalue weighted by atomic mass is 35.5. The van der Waals surface area contributed by atoms with E-state index in [0.29, 0.717) is 36.0 Å². The summed E-state index contributed by atoms with van der Waals surface area (Å²) < 4.78 is 16.4. The van der Waals surface area contributed by atoms with Gasteiger partial charge in [0.1, 0.15) is 22.3 Å². The fourth-order valence-corrected chi connectivity index (χ4v) is 3.24. The minimum absolute atomic E-state index is 0.149. The standard InChI is InChI=1S/C18H20ClN3O4/c1-24-12-8-14(25-2)16(15(9-12)26-3)11-4-6-22(7-5-11)13-10-20-21-18(23)17(13)19/h4,8-10H,5-7H2,1-3H3,(H,21,23). The van der Waals surface area contributed by atoms with Crippen molar-refractivity contribution in [3.8, 4) is 17.2 Å². The Bertz CT molecular complexity index is 869. The van der Waals surface area contributed by atoms with Gasteiger partial charge in [-0.1, -0.05) is 17.7 Å². The molecular weight excluding hydrogens is 358 g/mol. The molecule has 0 unspecified atom stereocenters. The van der Waals surface area contributed by atoms with E-state index in [4.69, 9.17) is 25.8 Å². The quantitative estimate of drug-likeness (QED) is 0.863. The second kappa shape index (κ2) is 7.70. The number of methoxy groups -OCH3 is 3. The lowest BCUT2D eigenvalue weighted by molar-refractivity contribution is 0.373. The van der Waals surface area contributed by atoms with E-state index in [1.165, 1.54) is 0 Å². The zero-order chi connectivity index (χ0) is 18.7. The molecule has 8 heteroatoms. The van der Waals surface area contributed by atoms with Crippen molar-refractivity contribution in [3.05, 3.63) is 45.3 Å². The molecule has 7 nitrogen and oxygen atoms in total. The van der Waals surface area contributed by atoms with Crippen LogP contribution < -0.4 is 24.7 Å². The maximum absolute atomic E-state index is 11.7. The van der Waals surface area contributed by atoms with Crippen LogP contribution in [0.4, 0.5) is 5.69 Å². The summed E-state index contributed by atoms with van der Waals surface area (Å²) in [6.45, 7) is 1.29. The van der Waals surface area contributed by atoms with Crippen LogP contribution in [0.15, 0.2) is 29.2 Å². The second-order valence-electron chi connectivity index (χ2n) is 5.73. The fraction of sp³-hybridized carbons (Fsp3) is 0.333. The third-order valence-corrected chi connectivity index (χ3v) is 4.73. The largest absolute Gasteiger partial charge is 0.496 e. The molecule has 1 aliphatic heterocycles. The van der Waals surface area contributed by atoms with Crippen LogP contribution in [-0.2, 0) is 0 Å². The summed E-state index contributed by atoms with van der Waals surface area (Å²) in [5.74, 6) is 2.05. The van der Waals surface area contributed by atoms with Crippen LogP contribution in [0.5, 0.6) is 17.2 Å². The molecule has 2 heterocycles. The topological polar surface area (TPSA) is 76.7 Å². The van der Waals surface area contributed by atoms with Gasteiger partial charge in [0.25, 0.3) is 5.56 Å². The molecule has 0 aliphatic carbocycles. The second-order valence-corrected chi connectivity index (χ2v) is 6.11. The van der Waals surface area contributed by atoms with E-state index < -0.39 is 5.56 Å². The van der Waals surface area contributed by atoms with Gasteiger partial charge in [-0.05, 0) is 12.0 Å². The number of ether oxygens (including phenoxy) is 3. The molecule has 3 rings (SSSR count). The van der Waals surface area contributed by atoms with Gasteiger partial charge in [-0.2, -0.15) is 5.10 Å². The van der Waals surface area contributed by atoms with Gasteiger partial charge < -0.3 is 19.1 Å². The monoisotopic (exact) mass is 377 g/mol. The van der Waals surface area contributed by atoms with Crippen LogP contribution in [0.3, 0.4) is 0 Å². The Kier molecular flexibility index (Phi) is 5.37. The summed E-state index contributed by atoms with van der Waals surface area (Å²) >= 11 is 6.11. The van der Waals surface area contributed by atoms with Crippen molar-refractivity contribution < 1.29 is 14.2 Å². The average Bonchev–Trinajstić information content (AvgIpc) is 2.69. The van der Waals surface area contributed by atoms with Gasteiger partial charge in [0.15, 0.2) is 0 Å². The zero-order valence-corrected chi connectivity index (χ0v) is 15.6. The summed E-state index contributed by atoms with van der Waals surface area (Å²) in [5.41, 5.74) is 2.24. The van der Waals surface area contributed by atoms with Crippen LogP contribution in [0, 0.1) is 0 Å². The third kappa shape index (κ3) is 3.35. The van der Waals surface area contributed by atoms with Crippen molar-refractivity contribution in [2.75, 3.05) is 39.3 Å². The maximum Gasteiger partial charge on any atom is 0.285 e. The molecule has 2 aromatic rings. The minimum Gasteiger partial charge on any atom is -0.496 e. The van der Waals surface area contributed by atoms with Gasteiger partial charge in [0.2, 0.25) is 0 Å². The molecule has 1 aromatic carbocycles. The van der Waals surface area contributed by atoms with Gasteiger partial charge >= 0.3 is 0 Å². The van der Waals surface area contributed by atoms with Crippen molar-refractivity contribution in [2.45, 2.75) is 6.42 Å². The van der Waals surface area contributed by atoms with Crippen molar-refractivity contribution in [3.63, 3.8) is 0 Å². The third-order valence-electron chi connectivity index (χ3n) is 4.36. The summed E-state index contributed by atoms with van der Waals surface area (Å²) in [5, 5.41) is 6.31. The number of hydrogen-bond acceptors (Lipinski definition) is 6. The number of anilines is 1. The normalized spacial score (nSPS) is 14.0. The number of aromatic nitrogens is 2. The molecule has 0 saturated carbocycles. The van der Waals surface area contributed by atoms with Crippen LogP contribution in [0.2, 0.25) is 5.02 Å². The molecule has 0 spiro atoms. The first-order valence-electron chi connectivity index (χ1n) is 8.06. The molecule has 0 fully saturated rings. The number of hydrogen-bond donors (Lipinski definition) is 1. The molecule has 26 heavy (non-hydrogen) atoms. The number of rotatable bonds is 5. The van der Waals surface area contributed by atoms with Gasteiger partial charge in [-0.15, -0.1) is 0 Å². The highest BCUT2D eigenvalue weighted by molar-refractivity contribution is 6.33. The number of aromatic amines is 1. The summed E-state index contributed by atoms with van der Waals surface area (Å²) in [6, 6.07) is 3.67. The van der Waals surface area contributed by atoms with Gasteiger partial charge in [-0.25, -0.2) is 5.10 Å². The smallest absolute Gasteiger partial charge is 0.285 e. The maximum atomic E-state index is 11.7. The van der Waals surface area contributed by atoms with Gasteiger partial charge in [0.05, 0.1) is 38.8 Å². The minimum atomic E-state index is -0.391. The molecule has 0 saturated heterocycles. The van der Waals surface area contributed by atoms with Crippen molar-refractivity contribution >= 4 is 22.9 Å². The van der Waals surface area contributed by atoms with Crippen LogP contribution in [0.25, 0.3) is 5.57 Å². The Morgan fingerprint density at radius 3 is 2.38 bits per heavy atom. The Hall–Kier alpha value is -2.67. The lowest BCUT2D eigenvalue weighted by Crippen LogP contribution is -2.30. The first-order valence-corrected chi connectivity index (χ1v) is 8.44. The summed E-state index contributed by atoms with van der Waals surface area (Å²) in [6.07, 6.45) is 4.38. The van der Waals surface area contributed by atoms with E-state index >= 15 is 0 Å². The van der Waals surface area contributed by atoms with E-state index in [9.17, 15) is 4.79 Å². The number of nitrogens with zero attached hydrogens (tertiary/aromatic N) is 2. The van der Waals surface area contributed by atoms with Crippen molar-refractivity contribution in [2.24, 2.45) is 0 Å². The predicted molar refractivity (Wildman–Crippen MR) is 101 cm³/mol. The SMILES string of the molecule is COc1cc(OC)c(C2=CCN(c3cn[nH]c(=O)c3Cl)CC2)c(OC)c1. The molecule has 0 radical (unpaired) electrons. The Morgan fingerprint density at radius 1 is 1.15 bits per heavy atom.